The molecule has 0 bridgehead atoms. The van der Waals surface area contributed by atoms with Gasteiger partial charge in [0.2, 0.25) is 10.0 Å². The van der Waals surface area contributed by atoms with Gasteiger partial charge in [-0.1, -0.05) is 6.92 Å². The quantitative estimate of drug-likeness (QED) is 0.684. The van der Waals surface area contributed by atoms with Gasteiger partial charge in [-0.15, -0.1) is 0 Å². The van der Waals surface area contributed by atoms with Gasteiger partial charge in [0.05, 0.1) is 5.25 Å². The van der Waals surface area contributed by atoms with E-state index in [0.717, 1.165) is 25.7 Å². The molecule has 0 saturated heterocycles. The number of sulfonamides is 1. The summed E-state index contributed by atoms with van der Waals surface area (Å²) in [5.74, 6) is 0.702. The van der Waals surface area contributed by atoms with E-state index in [1.165, 1.54) is 4.31 Å². The van der Waals surface area contributed by atoms with Crippen LogP contribution in [0.4, 0.5) is 0 Å². The lowest BCUT2D eigenvalue weighted by Gasteiger charge is -2.28. The van der Waals surface area contributed by atoms with Gasteiger partial charge in [0.25, 0.3) is 0 Å². The molecule has 0 aromatic carbocycles. The maximum absolute atomic E-state index is 11.7. The number of hydrogen-bond acceptors (Lipinski definition) is 2. The van der Waals surface area contributed by atoms with Gasteiger partial charge in [-0.05, 0) is 31.6 Å². The molecule has 3 nitrogen and oxygen atoms in total. The largest absolute Gasteiger partial charge is 0.216 e. The second kappa shape index (κ2) is 3.96. The smallest absolute Gasteiger partial charge is 0.212 e. The van der Waals surface area contributed by atoms with Crippen molar-refractivity contribution in [3.05, 3.63) is 0 Å². The van der Waals surface area contributed by atoms with Crippen molar-refractivity contribution in [3.8, 4) is 0 Å². The zero-order chi connectivity index (χ0) is 10.1. The summed E-state index contributed by atoms with van der Waals surface area (Å²) in [6.45, 7) is 2.19. The lowest BCUT2D eigenvalue weighted by atomic mass is 9.91. The minimum atomic E-state index is -2.99. The highest BCUT2D eigenvalue weighted by atomic mass is 32.2. The first-order chi connectivity index (χ1) is 5.94. The first-order valence-electron chi connectivity index (χ1n) is 4.86. The first-order valence-corrected chi connectivity index (χ1v) is 6.36. The van der Waals surface area contributed by atoms with Gasteiger partial charge >= 0.3 is 0 Å². The van der Waals surface area contributed by atoms with Crippen LogP contribution in [0.2, 0.25) is 0 Å². The molecule has 1 aliphatic carbocycles. The molecule has 1 aliphatic rings. The van der Waals surface area contributed by atoms with Crippen molar-refractivity contribution in [2.24, 2.45) is 5.92 Å². The Morgan fingerprint density at radius 1 is 1.08 bits per heavy atom. The van der Waals surface area contributed by atoms with Crippen LogP contribution in [-0.4, -0.2) is 32.1 Å². The number of rotatable bonds is 2. The summed E-state index contributed by atoms with van der Waals surface area (Å²) in [6, 6.07) is 0. The van der Waals surface area contributed by atoms with Gasteiger partial charge in [0.15, 0.2) is 0 Å². The summed E-state index contributed by atoms with van der Waals surface area (Å²) in [6.07, 6.45) is 3.78. The van der Waals surface area contributed by atoms with Crippen LogP contribution in [0.3, 0.4) is 0 Å². The Bertz CT molecular complexity index is 251. The summed E-state index contributed by atoms with van der Waals surface area (Å²) >= 11 is 0. The molecular formula is C9H19NO2S. The van der Waals surface area contributed by atoms with E-state index in [-0.39, 0.29) is 5.25 Å². The van der Waals surface area contributed by atoms with Crippen molar-refractivity contribution in [2.75, 3.05) is 14.1 Å². The van der Waals surface area contributed by atoms with Crippen LogP contribution in [0, 0.1) is 5.92 Å². The van der Waals surface area contributed by atoms with Gasteiger partial charge in [0.1, 0.15) is 0 Å². The summed E-state index contributed by atoms with van der Waals surface area (Å²) in [4.78, 5) is 0. The zero-order valence-electron chi connectivity index (χ0n) is 8.66. The Labute approximate surface area is 81.2 Å². The summed E-state index contributed by atoms with van der Waals surface area (Å²) in [5, 5.41) is -0.126. The van der Waals surface area contributed by atoms with E-state index < -0.39 is 10.0 Å². The third-order valence-electron chi connectivity index (χ3n) is 2.89. The number of nitrogens with zero attached hydrogens (tertiary/aromatic N) is 1. The van der Waals surface area contributed by atoms with E-state index in [4.69, 9.17) is 0 Å². The Morgan fingerprint density at radius 2 is 1.54 bits per heavy atom. The average molecular weight is 205 g/mol. The lowest BCUT2D eigenvalue weighted by molar-refractivity contribution is 0.373. The topological polar surface area (TPSA) is 37.4 Å². The van der Waals surface area contributed by atoms with Crippen LogP contribution < -0.4 is 0 Å². The van der Waals surface area contributed by atoms with Crippen molar-refractivity contribution in [1.29, 1.82) is 0 Å². The molecule has 0 aromatic heterocycles. The van der Waals surface area contributed by atoms with E-state index in [0.29, 0.717) is 5.92 Å². The molecule has 0 spiro atoms. The lowest BCUT2D eigenvalue weighted by Crippen LogP contribution is -2.35. The van der Waals surface area contributed by atoms with Crippen LogP contribution in [0.25, 0.3) is 0 Å². The highest BCUT2D eigenvalue weighted by Gasteiger charge is 2.30. The van der Waals surface area contributed by atoms with Crippen molar-refractivity contribution in [1.82, 2.24) is 4.31 Å². The monoisotopic (exact) mass is 205 g/mol. The van der Waals surface area contributed by atoms with E-state index >= 15 is 0 Å². The first kappa shape index (κ1) is 11.0. The van der Waals surface area contributed by atoms with Gasteiger partial charge < -0.3 is 0 Å². The van der Waals surface area contributed by atoms with Crippen molar-refractivity contribution in [3.63, 3.8) is 0 Å². The van der Waals surface area contributed by atoms with Crippen LogP contribution >= 0.6 is 0 Å². The second-order valence-electron chi connectivity index (χ2n) is 4.21. The minimum absolute atomic E-state index is 0.126. The second-order valence-corrected chi connectivity index (χ2v) is 6.64. The molecule has 0 unspecified atom stereocenters. The third kappa shape index (κ3) is 2.44. The molecule has 0 aromatic rings. The Kier molecular flexibility index (Phi) is 3.35. The molecule has 13 heavy (non-hydrogen) atoms. The van der Waals surface area contributed by atoms with E-state index in [9.17, 15) is 8.42 Å². The molecule has 0 aliphatic heterocycles. The van der Waals surface area contributed by atoms with Crippen LogP contribution in [0.1, 0.15) is 32.6 Å². The third-order valence-corrected chi connectivity index (χ3v) is 5.22. The number of hydrogen-bond donors (Lipinski definition) is 0. The molecule has 0 atom stereocenters. The summed E-state index contributed by atoms with van der Waals surface area (Å²) < 4.78 is 24.8. The molecule has 1 rings (SSSR count). The highest BCUT2D eigenvalue weighted by molar-refractivity contribution is 7.89. The average Bonchev–Trinajstić information content (AvgIpc) is 2.04. The van der Waals surface area contributed by atoms with Crippen LogP contribution in [0.15, 0.2) is 0 Å². The molecule has 0 amide bonds. The predicted octanol–water partition coefficient (Wildman–Crippen LogP) is 1.46. The maximum atomic E-state index is 11.7. The van der Waals surface area contributed by atoms with Gasteiger partial charge in [-0.3, -0.25) is 0 Å². The molecule has 0 heterocycles. The summed E-state index contributed by atoms with van der Waals surface area (Å²) in [7, 11) is 0.247. The van der Waals surface area contributed by atoms with E-state index in [1.54, 1.807) is 14.1 Å². The van der Waals surface area contributed by atoms with Crippen molar-refractivity contribution < 1.29 is 8.42 Å². The van der Waals surface area contributed by atoms with Crippen LogP contribution in [-0.2, 0) is 10.0 Å². The van der Waals surface area contributed by atoms with E-state index in [1.807, 2.05) is 0 Å². The molecule has 1 fully saturated rings. The molecular weight excluding hydrogens is 186 g/mol. The van der Waals surface area contributed by atoms with Crippen molar-refractivity contribution >= 4 is 10.0 Å². The molecule has 1 saturated carbocycles. The SMILES string of the molecule is CC1CCC(S(=O)(=O)N(C)C)CC1. The molecule has 78 valence electrons. The fourth-order valence-electron chi connectivity index (χ4n) is 1.83. The molecule has 0 N–H and O–H groups in total. The Morgan fingerprint density at radius 3 is 1.92 bits per heavy atom. The molecule has 0 radical (unpaired) electrons. The summed E-state index contributed by atoms with van der Waals surface area (Å²) in [5.41, 5.74) is 0. The van der Waals surface area contributed by atoms with Crippen LogP contribution in [0.5, 0.6) is 0 Å². The Hall–Kier alpha value is -0.0900. The van der Waals surface area contributed by atoms with Gasteiger partial charge in [-0.25, -0.2) is 12.7 Å². The van der Waals surface area contributed by atoms with Gasteiger partial charge in [-0.2, -0.15) is 0 Å². The fraction of sp³-hybridized carbons (Fsp3) is 1.00. The van der Waals surface area contributed by atoms with Crippen molar-refractivity contribution in [2.45, 2.75) is 37.9 Å². The Balaban J connectivity index is 2.64. The highest BCUT2D eigenvalue weighted by Crippen LogP contribution is 2.28. The fourth-order valence-corrected chi connectivity index (χ4v) is 3.29. The molecule has 4 heteroatoms. The zero-order valence-corrected chi connectivity index (χ0v) is 9.47. The normalized spacial score (nSPS) is 30.8. The maximum Gasteiger partial charge on any atom is 0.216 e. The minimum Gasteiger partial charge on any atom is -0.212 e. The van der Waals surface area contributed by atoms with E-state index in [2.05, 4.69) is 6.92 Å². The van der Waals surface area contributed by atoms with Gasteiger partial charge in [0, 0.05) is 14.1 Å². The predicted molar refractivity (Wildman–Crippen MR) is 54.0 cm³/mol. The standard InChI is InChI=1S/C9H19NO2S/c1-8-4-6-9(7-5-8)13(11,12)10(2)3/h8-9H,4-7H2,1-3H3.